The standard InChI is InChI=1S/C20H24ClNO2S/c1-3-15(2)16-8-4-6-10-18(16)22-20(23)14-25-13-12-24-19-11-7-5-9-17(19)21/h4-11,15H,3,12-14H2,1-2H3,(H,22,23)/t15-/m0/s1. The van der Waals surface area contributed by atoms with Gasteiger partial charge in [-0.15, -0.1) is 11.8 Å². The van der Waals surface area contributed by atoms with E-state index in [0.29, 0.717) is 29.0 Å². The van der Waals surface area contributed by atoms with E-state index in [1.54, 1.807) is 17.8 Å². The van der Waals surface area contributed by atoms with Gasteiger partial charge in [0.1, 0.15) is 5.75 Å². The van der Waals surface area contributed by atoms with Crippen molar-refractivity contribution in [3.8, 4) is 5.75 Å². The largest absolute Gasteiger partial charge is 0.491 e. The number of amides is 1. The van der Waals surface area contributed by atoms with Crippen LogP contribution in [0.15, 0.2) is 48.5 Å². The fourth-order valence-corrected chi connectivity index (χ4v) is 3.18. The van der Waals surface area contributed by atoms with Crippen LogP contribution in [0.2, 0.25) is 5.02 Å². The van der Waals surface area contributed by atoms with Crippen molar-refractivity contribution in [2.75, 3.05) is 23.4 Å². The molecule has 134 valence electrons. The summed E-state index contributed by atoms with van der Waals surface area (Å²) in [6, 6.07) is 15.4. The highest BCUT2D eigenvalue weighted by Gasteiger charge is 2.11. The Morgan fingerprint density at radius 3 is 2.68 bits per heavy atom. The molecule has 0 unspecified atom stereocenters. The summed E-state index contributed by atoms with van der Waals surface area (Å²) in [6.45, 7) is 4.84. The number of thioether (sulfide) groups is 1. The van der Waals surface area contributed by atoms with Crippen molar-refractivity contribution in [1.29, 1.82) is 0 Å². The Morgan fingerprint density at radius 1 is 1.20 bits per heavy atom. The lowest BCUT2D eigenvalue weighted by molar-refractivity contribution is -0.113. The van der Waals surface area contributed by atoms with Gasteiger partial charge in [-0.2, -0.15) is 0 Å². The molecule has 0 bridgehead atoms. The molecule has 5 heteroatoms. The zero-order valence-electron chi connectivity index (χ0n) is 14.6. The fraction of sp³-hybridized carbons (Fsp3) is 0.350. The van der Waals surface area contributed by atoms with Crippen molar-refractivity contribution in [3.63, 3.8) is 0 Å². The number of halogens is 1. The van der Waals surface area contributed by atoms with Crippen LogP contribution in [-0.2, 0) is 4.79 Å². The summed E-state index contributed by atoms with van der Waals surface area (Å²) in [5, 5.41) is 3.63. The molecule has 0 aliphatic heterocycles. The van der Waals surface area contributed by atoms with Crippen molar-refractivity contribution >= 4 is 35.0 Å². The maximum Gasteiger partial charge on any atom is 0.234 e. The number of benzene rings is 2. The highest BCUT2D eigenvalue weighted by atomic mass is 35.5. The molecule has 1 amide bonds. The number of ether oxygens (including phenoxy) is 1. The lowest BCUT2D eigenvalue weighted by Crippen LogP contribution is -2.16. The number of nitrogens with one attached hydrogen (secondary N) is 1. The molecule has 25 heavy (non-hydrogen) atoms. The third-order valence-corrected chi connectivity index (χ3v) is 5.17. The zero-order chi connectivity index (χ0) is 18.1. The van der Waals surface area contributed by atoms with Crippen molar-refractivity contribution in [3.05, 3.63) is 59.1 Å². The molecule has 0 aliphatic rings. The lowest BCUT2D eigenvalue weighted by atomic mass is 9.97. The molecular formula is C20H24ClNO2S. The molecule has 0 aromatic heterocycles. The highest BCUT2D eigenvalue weighted by Crippen LogP contribution is 2.26. The van der Waals surface area contributed by atoms with Crippen LogP contribution in [0.3, 0.4) is 0 Å². The molecular weight excluding hydrogens is 354 g/mol. The zero-order valence-corrected chi connectivity index (χ0v) is 16.2. The van der Waals surface area contributed by atoms with E-state index in [2.05, 4.69) is 25.2 Å². The van der Waals surface area contributed by atoms with Crippen molar-refractivity contribution in [1.82, 2.24) is 0 Å². The second-order valence-corrected chi connectivity index (χ2v) is 7.29. The van der Waals surface area contributed by atoms with Gasteiger partial charge >= 0.3 is 0 Å². The van der Waals surface area contributed by atoms with Crippen LogP contribution in [-0.4, -0.2) is 24.0 Å². The first-order valence-electron chi connectivity index (χ1n) is 8.45. The number of hydrogen-bond acceptors (Lipinski definition) is 3. The average Bonchev–Trinajstić information content (AvgIpc) is 2.62. The smallest absolute Gasteiger partial charge is 0.234 e. The minimum atomic E-state index is 0.0125. The Balaban J connectivity index is 1.74. The van der Waals surface area contributed by atoms with Gasteiger partial charge in [0.15, 0.2) is 0 Å². The lowest BCUT2D eigenvalue weighted by Gasteiger charge is -2.15. The van der Waals surface area contributed by atoms with Gasteiger partial charge in [-0.1, -0.05) is 55.8 Å². The number of rotatable bonds is 9. The summed E-state index contributed by atoms with van der Waals surface area (Å²) in [7, 11) is 0. The Labute approximate surface area is 159 Å². The van der Waals surface area contributed by atoms with E-state index < -0.39 is 0 Å². The van der Waals surface area contributed by atoms with Gasteiger partial charge in [0, 0.05) is 11.4 Å². The van der Waals surface area contributed by atoms with E-state index in [0.717, 1.165) is 17.9 Å². The summed E-state index contributed by atoms with van der Waals surface area (Å²) >= 11 is 7.58. The SMILES string of the molecule is CC[C@H](C)c1ccccc1NC(=O)CSCCOc1ccccc1Cl. The van der Waals surface area contributed by atoms with E-state index in [-0.39, 0.29) is 5.91 Å². The number of carbonyl (C=O) groups excluding carboxylic acids is 1. The molecule has 2 aromatic carbocycles. The quantitative estimate of drug-likeness (QED) is 0.577. The van der Waals surface area contributed by atoms with Crippen LogP contribution in [0.25, 0.3) is 0 Å². The van der Waals surface area contributed by atoms with Gasteiger partial charge in [0.2, 0.25) is 5.91 Å². The number of carbonyl (C=O) groups is 1. The molecule has 0 aliphatic carbocycles. The van der Waals surface area contributed by atoms with Crippen molar-refractivity contribution in [2.24, 2.45) is 0 Å². The topological polar surface area (TPSA) is 38.3 Å². The Bertz CT molecular complexity index is 693. The van der Waals surface area contributed by atoms with Crippen LogP contribution in [0.4, 0.5) is 5.69 Å². The first-order valence-corrected chi connectivity index (χ1v) is 9.99. The maximum atomic E-state index is 12.2. The Hall–Kier alpha value is -1.65. The third kappa shape index (κ3) is 6.29. The molecule has 0 heterocycles. The molecule has 0 spiro atoms. The Kier molecular flexibility index (Phi) is 8.16. The number of anilines is 1. The van der Waals surface area contributed by atoms with Gasteiger partial charge in [0.25, 0.3) is 0 Å². The number of hydrogen-bond donors (Lipinski definition) is 1. The monoisotopic (exact) mass is 377 g/mol. The molecule has 0 fully saturated rings. The van der Waals surface area contributed by atoms with E-state index in [1.807, 2.05) is 36.4 Å². The normalized spacial score (nSPS) is 11.8. The fourth-order valence-electron chi connectivity index (χ4n) is 2.38. The summed E-state index contributed by atoms with van der Waals surface area (Å²) in [5.41, 5.74) is 2.10. The molecule has 1 atom stereocenters. The average molecular weight is 378 g/mol. The van der Waals surface area contributed by atoms with E-state index >= 15 is 0 Å². The second-order valence-electron chi connectivity index (χ2n) is 5.78. The first kappa shape index (κ1) is 19.7. The highest BCUT2D eigenvalue weighted by molar-refractivity contribution is 7.99. The second kappa shape index (κ2) is 10.4. The number of para-hydroxylation sites is 2. The van der Waals surface area contributed by atoms with E-state index in [9.17, 15) is 4.79 Å². The van der Waals surface area contributed by atoms with Crippen molar-refractivity contribution < 1.29 is 9.53 Å². The Morgan fingerprint density at radius 2 is 1.92 bits per heavy atom. The van der Waals surface area contributed by atoms with Crippen LogP contribution < -0.4 is 10.1 Å². The maximum absolute atomic E-state index is 12.2. The minimum absolute atomic E-state index is 0.0125. The van der Waals surface area contributed by atoms with Crippen LogP contribution >= 0.6 is 23.4 Å². The molecule has 3 nitrogen and oxygen atoms in total. The van der Waals surface area contributed by atoms with Gasteiger partial charge < -0.3 is 10.1 Å². The summed E-state index contributed by atoms with van der Waals surface area (Å²) in [6.07, 6.45) is 1.04. The van der Waals surface area contributed by atoms with Crippen LogP contribution in [0, 0.1) is 0 Å². The van der Waals surface area contributed by atoms with E-state index in [4.69, 9.17) is 16.3 Å². The van der Waals surface area contributed by atoms with Crippen LogP contribution in [0.5, 0.6) is 5.75 Å². The van der Waals surface area contributed by atoms with E-state index in [1.165, 1.54) is 5.56 Å². The van der Waals surface area contributed by atoms with Crippen molar-refractivity contribution in [2.45, 2.75) is 26.2 Å². The van der Waals surface area contributed by atoms with Gasteiger partial charge in [-0.25, -0.2) is 0 Å². The van der Waals surface area contributed by atoms with Gasteiger partial charge in [-0.05, 0) is 36.1 Å². The third-order valence-electron chi connectivity index (χ3n) is 3.93. The van der Waals surface area contributed by atoms with Gasteiger partial charge in [-0.3, -0.25) is 4.79 Å². The molecule has 0 saturated heterocycles. The molecule has 0 radical (unpaired) electrons. The molecule has 2 rings (SSSR count). The minimum Gasteiger partial charge on any atom is -0.491 e. The molecule has 2 aromatic rings. The predicted octanol–water partition coefficient (Wildman–Crippen LogP) is 5.60. The molecule has 1 N–H and O–H groups in total. The summed E-state index contributed by atoms with van der Waals surface area (Å²) < 4.78 is 5.62. The summed E-state index contributed by atoms with van der Waals surface area (Å²) in [4.78, 5) is 12.2. The molecule has 0 saturated carbocycles. The first-order chi connectivity index (χ1) is 12.1. The summed E-state index contributed by atoms with van der Waals surface area (Å²) in [5.74, 6) is 2.25. The van der Waals surface area contributed by atoms with Gasteiger partial charge in [0.05, 0.1) is 17.4 Å². The predicted molar refractivity (Wildman–Crippen MR) is 108 cm³/mol. The van der Waals surface area contributed by atoms with Crippen LogP contribution in [0.1, 0.15) is 31.7 Å².